The summed E-state index contributed by atoms with van der Waals surface area (Å²) >= 11 is 0. The lowest BCUT2D eigenvalue weighted by atomic mass is 10.1. The Morgan fingerprint density at radius 2 is 1.81 bits per heavy atom. The molecule has 0 radical (unpaired) electrons. The average Bonchev–Trinajstić information content (AvgIpc) is 2.65. The minimum Gasteiger partial charge on any atom is -0.493 e. The minimum atomic E-state index is -0.587. The molecule has 0 atom stereocenters. The molecule has 0 unspecified atom stereocenters. The van der Waals surface area contributed by atoms with Crippen LogP contribution in [-0.4, -0.2) is 25.5 Å². The van der Waals surface area contributed by atoms with Gasteiger partial charge in [0.25, 0.3) is 11.8 Å². The summed E-state index contributed by atoms with van der Waals surface area (Å²) in [6.45, 7) is 1.90. The summed E-state index contributed by atoms with van der Waals surface area (Å²) in [6.07, 6.45) is 3.34. The Labute approximate surface area is 153 Å². The second-order valence-corrected chi connectivity index (χ2v) is 5.88. The molecule has 26 heavy (non-hydrogen) atoms. The minimum absolute atomic E-state index is 0.258. The van der Waals surface area contributed by atoms with Gasteiger partial charge < -0.3 is 20.5 Å². The molecule has 2 aromatic rings. The van der Waals surface area contributed by atoms with E-state index in [1.807, 2.05) is 24.3 Å². The van der Waals surface area contributed by atoms with Crippen LogP contribution >= 0.6 is 0 Å². The number of primary amides is 1. The molecule has 0 saturated heterocycles. The smallest absolute Gasteiger partial charge is 0.255 e. The first-order valence-corrected chi connectivity index (χ1v) is 8.53. The highest BCUT2D eigenvalue weighted by atomic mass is 16.5. The third-order valence-corrected chi connectivity index (χ3v) is 3.83. The Morgan fingerprint density at radius 3 is 2.42 bits per heavy atom. The van der Waals surface area contributed by atoms with Crippen LogP contribution in [0.15, 0.2) is 42.5 Å². The highest BCUT2D eigenvalue weighted by Crippen LogP contribution is 2.28. The van der Waals surface area contributed by atoms with Crippen LogP contribution in [0, 0.1) is 0 Å². The van der Waals surface area contributed by atoms with Gasteiger partial charge in [-0.2, -0.15) is 0 Å². The predicted octanol–water partition coefficient (Wildman–Crippen LogP) is 3.15. The van der Waals surface area contributed by atoms with Gasteiger partial charge in [-0.3, -0.25) is 9.59 Å². The summed E-state index contributed by atoms with van der Waals surface area (Å²) < 4.78 is 10.5. The Hall–Kier alpha value is -3.02. The van der Waals surface area contributed by atoms with Crippen molar-refractivity contribution in [3.8, 4) is 11.5 Å². The number of methoxy groups -OCH3 is 1. The van der Waals surface area contributed by atoms with Crippen LogP contribution in [0.4, 0.5) is 5.69 Å². The third-order valence-electron chi connectivity index (χ3n) is 3.83. The van der Waals surface area contributed by atoms with Crippen LogP contribution in [0.5, 0.6) is 11.5 Å². The van der Waals surface area contributed by atoms with Crippen molar-refractivity contribution >= 4 is 17.5 Å². The maximum absolute atomic E-state index is 12.4. The van der Waals surface area contributed by atoms with Crippen LogP contribution in [0.3, 0.4) is 0 Å². The number of rotatable bonds is 9. The molecule has 0 aromatic heterocycles. The zero-order chi connectivity index (χ0) is 18.9. The molecular weight excluding hydrogens is 332 g/mol. The summed E-state index contributed by atoms with van der Waals surface area (Å²) in [6, 6.07) is 12.6. The number of hydrogen-bond acceptors (Lipinski definition) is 4. The fourth-order valence-corrected chi connectivity index (χ4v) is 2.42. The van der Waals surface area contributed by atoms with Crippen molar-refractivity contribution in [2.45, 2.75) is 26.2 Å². The van der Waals surface area contributed by atoms with Crippen LogP contribution in [-0.2, 0) is 11.2 Å². The maximum atomic E-state index is 12.4. The second-order valence-electron chi connectivity index (χ2n) is 5.88. The first kappa shape index (κ1) is 19.3. The zero-order valence-corrected chi connectivity index (χ0v) is 15.1. The Kier molecular flexibility index (Phi) is 7.02. The number of nitrogens with one attached hydrogen (secondary N) is 1. The van der Waals surface area contributed by atoms with Crippen LogP contribution < -0.4 is 20.5 Å². The van der Waals surface area contributed by atoms with Gasteiger partial charge in [0.1, 0.15) is 0 Å². The number of anilines is 1. The van der Waals surface area contributed by atoms with E-state index in [1.54, 1.807) is 18.2 Å². The van der Waals surface area contributed by atoms with E-state index < -0.39 is 5.91 Å². The van der Waals surface area contributed by atoms with Gasteiger partial charge in [0.15, 0.2) is 18.1 Å². The van der Waals surface area contributed by atoms with Gasteiger partial charge in [-0.05, 0) is 48.7 Å². The zero-order valence-electron chi connectivity index (χ0n) is 15.1. The van der Waals surface area contributed by atoms with Crippen LogP contribution in [0.1, 0.15) is 35.7 Å². The Morgan fingerprint density at radius 1 is 1.08 bits per heavy atom. The summed E-state index contributed by atoms with van der Waals surface area (Å²) in [5.74, 6) is -0.140. The lowest BCUT2D eigenvalue weighted by Crippen LogP contribution is -2.20. The van der Waals surface area contributed by atoms with E-state index in [4.69, 9.17) is 15.2 Å². The molecule has 2 rings (SSSR count). The molecule has 2 aromatic carbocycles. The van der Waals surface area contributed by atoms with Crippen molar-refractivity contribution < 1.29 is 19.1 Å². The molecule has 138 valence electrons. The van der Waals surface area contributed by atoms with Crippen molar-refractivity contribution in [3.63, 3.8) is 0 Å². The molecule has 6 nitrogen and oxygen atoms in total. The SMILES string of the molecule is CCCCc1ccc(NC(=O)c2ccc(OCC(N)=O)c(OC)c2)cc1. The third kappa shape index (κ3) is 5.51. The summed E-state index contributed by atoms with van der Waals surface area (Å²) in [5.41, 5.74) is 7.46. The number of ether oxygens (including phenoxy) is 2. The van der Waals surface area contributed by atoms with E-state index in [9.17, 15) is 9.59 Å². The normalized spacial score (nSPS) is 10.2. The number of unbranched alkanes of at least 4 members (excludes halogenated alkanes) is 1. The van der Waals surface area contributed by atoms with Crippen molar-refractivity contribution in [2.24, 2.45) is 5.73 Å². The summed E-state index contributed by atoms with van der Waals surface area (Å²) in [4.78, 5) is 23.3. The van der Waals surface area contributed by atoms with Crippen molar-refractivity contribution in [1.29, 1.82) is 0 Å². The molecule has 6 heteroatoms. The monoisotopic (exact) mass is 356 g/mol. The van der Waals surface area contributed by atoms with E-state index in [-0.39, 0.29) is 12.5 Å². The Balaban J connectivity index is 2.05. The standard InChI is InChI=1S/C20H24N2O4/c1-3-4-5-14-6-9-16(10-7-14)22-20(24)15-8-11-17(18(12-15)25-2)26-13-19(21)23/h6-12H,3-5,13H2,1-2H3,(H2,21,23)(H,22,24). The topological polar surface area (TPSA) is 90.6 Å². The van der Waals surface area contributed by atoms with Gasteiger partial charge in [-0.1, -0.05) is 25.5 Å². The van der Waals surface area contributed by atoms with Gasteiger partial charge in [0, 0.05) is 11.3 Å². The van der Waals surface area contributed by atoms with E-state index >= 15 is 0 Å². The molecule has 0 spiro atoms. The highest BCUT2D eigenvalue weighted by Gasteiger charge is 2.12. The van der Waals surface area contributed by atoms with Gasteiger partial charge in [0.2, 0.25) is 0 Å². The average molecular weight is 356 g/mol. The molecule has 2 amide bonds. The van der Waals surface area contributed by atoms with Gasteiger partial charge >= 0.3 is 0 Å². The number of benzene rings is 2. The molecule has 0 aliphatic heterocycles. The molecule has 0 bridgehead atoms. The molecular formula is C20H24N2O4. The predicted molar refractivity (Wildman–Crippen MR) is 101 cm³/mol. The fraction of sp³-hybridized carbons (Fsp3) is 0.300. The Bertz CT molecular complexity index is 757. The van der Waals surface area contributed by atoms with E-state index in [2.05, 4.69) is 12.2 Å². The number of amides is 2. The fourth-order valence-electron chi connectivity index (χ4n) is 2.42. The maximum Gasteiger partial charge on any atom is 0.255 e. The number of aryl methyl sites for hydroxylation is 1. The van der Waals surface area contributed by atoms with E-state index in [0.717, 1.165) is 24.9 Å². The van der Waals surface area contributed by atoms with E-state index in [0.29, 0.717) is 17.1 Å². The second kappa shape index (κ2) is 9.46. The number of carbonyl (C=O) groups excluding carboxylic acids is 2. The number of hydrogen-bond donors (Lipinski definition) is 2. The number of carbonyl (C=O) groups is 2. The van der Waals surface area contributed by atoms with Gasteiger partial charge in [-0.25, -0.2) is 0 Å². The molecule has 0 aliphatic carbocycles. The van der Waals surface area contributed by atoms with Crippen LogP contribution in [0.2, 0.25) is 0 Å². The highest BCUT2D eigenvalue weighted by molar-refractivity contribution is 6.04. The number of nitrogens with two attached hydrogens (primary N) is 1. The van der Waals surface area contributed by atoms with Gasteiger partial charge in [-0.15, -0.1) is 0 Å². The lowest BCUT2D eigenvalue weighted by Gasteiger charge is -2.11. The summed E-state index contributed by atoms with van der Waals surface area (Å²) in [7, 11) is 1.46. The van der Waals surface area contributed by atoms with Gasteiger partial charge in [0.05, 0.1) is 7.11 Å². The van der Waals surface area contributed by atoms with Crippen LogP contribution in [0.25, 0.3) is 0 Å². The largest absolute Gasteiger partial charge is 0.493 e. The molecule has 3 N–H and O–H groups in total. The first-order valence-electron chi connectivity index (χ1n) is 8.53. The molecule has 0 heterocycles. The first-order chi connectivity index (χ1) is 12.5. The summed E-state index contributed by atoms with van der Waals surface area (Å²) in [5, 5.41) is 2.85. The molecule has 0 fully saturated rings. The molecule has 0 aliphatic rings. The van der Waals surface area contributed by atoms with Crippen molar-refractivity contribution in [3.05, 3.63) is 53.6 Å². The quantitative estimate of drug-likeness (QED) is 0.722. The van der Waals surface area contributed by atoms with Crippen molar-refractivity contribution in [1.82, 2.24) is 0 Å². The van der Waals surface area contributed by atoms with E-state index in [1.165, 1.54) is 12.7 Å². The lowest BCUT2D eigenvalue weighted by molar-refractivity contribution is -0.119. The van der Waals surface area contributed by atoms with Crippen molar-refractivity contribution in [2.75, 3.05) is 19.0 Å². The molecule has 0 saturated carbocycles.